The molecule has 3 fully saturated rings. The van der Waals surface area contributed by atoms with Gasteiger partial charge in [0, 0.05) is 42.5 Å². The van der Waals surface area contributed by atoms with Gasteiger partial charge in [0.05, 0.1) is 24.9 Å². The minimum absolute atomic E-state index is 0.160. The van der Waals surface area contributed by atoms with E-state index in [0.717, 1.165) is 18.9 Å². The zero-order valence-corrected chi connectivity index (χ0v) is 17.6. The number of hydrogen-bond donors (Lipinski definition) is 1. The first-order chi connectivity index (χ1) is 15.6. The highest BCUT2D eigenvalue weighted by atomic mass is 19.1. The number of pyridine rings is 2. The van der Waals surface area contributed by atoms with E-state index in [4.69, 9.17) is 9.72 Å². The molecule has 2 aromatic heterocycles. The van der Waals surface area contributed by atoms with E-state index in [9.17, 15) is 9.18 Å². The molecule has 32 heavy (non-hydrogen) atoms. The summed E-state index contributed by atoms with van der Waals surface area (Å²) in [5, 5.41) is 3.52. The lowest BCUT2D eigenvalue weighted by Gasteiger charge is -2.48. The molecule has 6 heterocycles. The molecule has 0 radical (unpaired) electrons. The SMILES string of the molecule is COc1cccc(F)c1-c1nccc2c1CN(c1cccc(N3CC4CC(C3)N4)n1)C2=O. The minimum atomic E-state index is -0.437. The molecule has 7 nitrogen and oxygen atoms in total. The smallest absolute Gasteiger partial charge is 0.260 e. The van der Waals surface area contributed by atoms with E-state index >= 15 is 0 Å². The topological polar surface area (TPSA) is 70.6 Å². The van der Waals surface area contributed by atoms with Crippen molar-refractivity contribution in [3.8, 4) is 17.0 Å². The van der Waals surface area contributed by atoms with Crippen molar-refractivity contribution in [3.05, 3.63) is 65.6 Å². The molecule has 4 aliphatic heterocycles. The number of methoxy groups -OCH3 is 1. The fourth-order valence-corrected chi connectivity index (χ4v) is 4.97. The van der Waals surface area contributed by atoms with E-state index in [2.05, 4.69) is 15.2 Å². The number of piperazine rings is 1. The van der Waals surface area contributed by atoms with Crippen LogP contribution in [0.5, 0.6) is 5.75 Å². The fourth-order valence-electron chi connectivity index (χ4n) is 4.97. The quantitative estimate of drug-likeness (QED) is 0.685. The van der Waals surface area contributed by atoms with E-state index in [1.165, 1.54) is 25.8 Å². The van der Waals surface area contributed by atoms with Crippen molar-refractivity contribution in [1.82, 2.24) is 15.3 Å². The second-order valence-corrected chi connectivity index (χ2v) is 8.45. The molecule has 0 aliphatic carbocycles. The maximum Gasteiger partial charge on any atom is 0.260 e. The van der Waals surface area contributed by atoms with Gasteiger partial charge in [0.1, 0.15) is 23.2 Å². The van der Waals surface area contributed by atoms with Crippen molar-refractivity contribution in [1.29, 1.82) is 0 Å². The number of rotatable bonds is 4. The molecule has 3 aromatic rings. The van der Waals surface area contributed by atoms with Gasteiger partial charge in [-0.15, -0.1) is 0 Å². The van der Waals surface area contributed by atoms with Gasteiger partial charge in [0.15, 0.2) is 0 Å². The summed E-state index contributed by atoms with van der Waals surface area (Å²) in [6, 6.07) is 13.1. The van der Waals surface area contributed by atoms with Gasteiger partial charge < -0.3 is 15.0 Å². The van der Waals surface area contributed by atoms with Crippen molar-refractivity contribution in [2.45, 2.75) is 25.0 Å². The summed E-state index contributed by atoms with van der Waals surface area (Å²) in [4.78, 5) is 26.4. The molecule has 2 atom stereocenters. The zero-order chi connectivity index (χ0) is 21.8. The normalized spacial score (nSPS) is 21.4. The van der Waals surface area contributed by atoms with Gasteiger partial charge in [-0.25, -0.2) is 9.37 Å². The number of fused-ring (bicyclic) bond motifs is 3. The van der Waals surface area contributed by atoms with Crippen molar-refractivity contribution >= 4 is 17.5 Å². The Balaban J connectivity index is 1.36. The maximum atomic E-state index is 14.8. The highest BCUT2D eigenvalue weighted by molar-refractivity contribution is 6.10. The Hall–Kier alpha value is -3.52. The lowest BCUT2D eigenvalue weighted by molar-refractivity contribution is 0.0996. The summed E-state index contributed by atoms with van der Waals surface area (Å²) in [5.41, 5.74) is 1.88. The number of anilines is 2. The summed E-state index contributed by atoms with van der Waals surface area (Å²) < 4.78 is 20.1. The number of nitrogens with one attached hydrogen (secondary N) is 1. The van der Waals surface area contributed by atoms with E-state index < -0.39 is 5.82 Å². The Morgan fingerprint density at radius 1 is 1.09 bits per heavy atom. The molecule has 0 saturated carbocycles. The van der Waals surface area contributed by atoms with E-state index in [1.54, 1.807) is 23.1 Å². The Bertz CT molecular complexity index is 1220. The highest BCUT2D eigenvalue weighted by Gasteiger charge is 2.37. The third-order valence-corrected chi connectivity index (χ3v) is 6.52. The first-order valence-electron chi connectivity index (χ1n) is 10.7. The Labute approximate surface area is 184 Å². The number of nitrogens with zero attached hydrogens (tertiary/aromatic N) is 4. The molecule has 0 spiro atoms. The number of amides is 1. The highest BCUT2D eigenvalue weighted by Crippen LogP contribution is 2.38. The molecule has 162 valence electrons. The van der Waals surface area contributed by atoms with Gasteiger partial charge in [-0.1, -0.05) is 12.1 Å². The first-order valence-corrected chi connectivity index (χ1v) is 10.7. The van der Waals surface area contributed by atoms with Gasteiger partial charge in [-0.2, -0.15) is 0 Å². The van der Waals surface area contributed by atoms with Crippen LogP contribution < -0.4 is 19.9 Å². The lowest BCUT2D eigenvalue weighted by Crippen LogP contribution is -2.67. The van der Waals surface area contributed by atoms with Crippen molar-refractivity contribution in [2.24, 2.45) is 0 Å². The van der Waals surface area contributed by atoms with Gasteiger partial charge in [0.2, 0.25) is 0 Å². The number of halogens is 1. The number of ether oxygens (including phenoxy) is 1. The summed E-state index contributed by atoms with van der Waals surface area (Å²) in [7, 11) is 1.49. The molecule has 3 saturated heterocycles. The molecular formula is C24H22FN5O2. The predicted molar refractivity (Wildman–Crippen MR) is 118 cm³/mol. The fraction of sp³-hybridized carbons (Fsp3) is 0.292. The van der Waals surface area contributed by atoms with Crippen LogP contribution in [-0.4, -0.2) is 48.2 Å². The third kappa shape index (κ3) is 2.94. The van der Waals surface area contributed by atoms with Gasteiger partial charge in [-0.3, -0.25) is 14.7 Å². The molecule has 4 aliphatic rings. The van der Waals surface area contributed by atoms with Gasteiger partial charge in [-0.05, 0) is 36.8 Å². The van der Waals surface area contributed by atoms with Crippen LogP contribution >= 0.6 is 0 Å². The predicted octanol–water partition coefficient (Wildman–Crippen LogP) is 3.00. The Morgan fingerprint density at radius 3 is 2.62 bits per heavy atom. The first kappa shape index (κ1) is 19.2. The molecule has 1 aromatic carbocycles. The number of hydrogen-bond acceptors (Lipinski definition) is 6. The number of carbonyl (C=O) groups is 1. The summed E-state index contributed by atoms with van der Waals surface area (Å²) in [6.07, 6.45) is 2.75. The summed E-state index contributed by atoms with van der Waals surface area (Å²) >= 11 is 0. The largest absolute Gasteiger partial charge is 0.496 e. The van der Waals surface area contributed by atoms with Crippen LogP contribution in [0.1, 0.15) is 22.3 Å². The van der Waals surface area contributed by atoms with E-state index in [1.807, 2.05) is 18.2 Å². The number of piperidine rings is 1. The van der Waals surface area contributed by atoms with Crippen LogP contribution in [0.15, 0.2) is 48.7 Å². The van der Waals surface area contributed by atoms with Gasteiger partial charge in [0.25, 0.3) is 5.91 Å². The minimum Gasteiger partial charge on any atom is -0.496 e. The Kier molecular flexibility index (Phi) is 4.36. The summed E-state index contributed by atoms with van der Waals surface area (Å²) in [5.74, 6) is 1.24. The van der Waals surface area contributed by atoms with Crippen molar-refractivity contribution < 1.29 is 13.9 Å². The standard InChI is InChI=1S/C24H22FN5O2/c1-32-19-5-2-4-18(25)22(19)23-17-13-30(24(31)16(17)8-9-26-23)21-7-3-6-20(28-21)29-11-14-10-15(12-29)27-14/h2-9,14-15,27H,10-13H2,1H3. The third-order valence-electron chi connectivity index (χ3n) is 6.52. The van der Waals surface area contributed by atoms with Crippen molar-refractivity contribution in [3.63, 3.8) is 0 Å². The second kappa shape index (κ2) is 7.27. The van der Waals surface area contributed by atoms with Gasteiger partial charge >= 0.3 is 0 Å². The molecule has 8 heteroatoms. The molecule has 2 bridgehead atoms. The zero-order valence-electron chi connectivity index (χ0n) is 17.6. The molecule has 1 amide bonds. The van der Waals surface area contributed by atoms with E-state index in [0.29, 0.717) is 40.5 Å². The number of carbonyl (C=O) groups excluding carboxylic acids is 1. The monoisotopic (exact) mass is 431 g/mol. The average molecular weight is 431 g/mol. The molecule has 1 N–H and O–H groups in total. The average Bonchev–Trinajstić information content (AvgIpc) is 3.15. The van der Waals surface area contributed by atoms with Crippen LogP contribution in [0.4, 0.5) is 16.0 Å². The van der Waals surface area contributed by atoms with E-state index in [-0.39, 0.29) is 18.0 Å². The van der Waals surface area contributed by atoms with Crippen LogP contribution in [0.2, 0.25) is 0 Å². The van der Waals surface area contributed by atoms with Crippen LogP contribution in [-0.2, 0) is 6.54 Å². The van der Waals surface area contributed by atoms with Crippen LogP contribution in [0.3, 0.4) is 0 Å². The van der Waals surface area contributed by atoms with Crippen LogP contribution in [0.25, 0.3) is 11.3 Å². The van der Waals surface area contributed by atoms with Crippen molar-refractivity contribution in [2.75, 3.05) is 30.0 Å². The molecule has 2 unspecified atom stereocenters. The maximum absolute atomic E-state index is 14.8. The lowest BCUT2D eigenvalue weighted by atomic mass is 9.91. The Morgan fingerprint density at radius 2 is 1.84 bits per heavy atom. The molecule has 7 rings (SSSR count). The second-order valence-electron chi connectivity index (χ2n) is 8.45. The number of benzene rings is 1. The summed E-state index contributed by atoms with van der Waals surface area (Å²) in [6.45, 7) is 2.11. The van der Waals surface area contributed by atoms with Crippen LogP contribution in [0, 0.1) is 5.82 Å². The molecular weight excluding hydrogens is 409 g/mol. The number of aromatic nitrogens is 2.